The van der Waals surface area contributed by atoms with E-state index in [2.05, 4.69) is 19.2 Å². The van der Waals surface area contributed by atoms with Gasteiger partial charge >= 0.3 is 0 Å². The molecule has 4 heteroatoms. The average molecular weight is 256 g/mol. The third kappa shape index (κ3) is 3.45. The number of carbonyl (C=O) groups excluding carboxylic acids is 1. The van der Waals surface area contributed by atoms with Crippen LogP contribution in [0.5, 0.6) is 0 Å². The fourth-order valence-electron chi connectivity index (χ4n) is 2.74. The van der Waals surface area contributed by atoms with E-state index in [1.165, 1.54) is 0 Å². The number of nitrogens with zero attached hydrogens (tertiary/aromatic N) is 1. The molecule has 0 bridgehead atoms. The fraction of sp³-hybridized carbons (Fsp3) is 0.929. The van der Waals surface area contributed by atoms with Gasteiger partial charge in [0.25, 0.3) is 0 Å². The summed E-state index contributed by atoms with van der Waals surface area (Å²) in [5.41, 5.74) is -0.359. The Balaban J connectivity index is 2.50. The Kier molecular flexibility index (Phi) is 4.78. The van der Waals surface area contributed by atoms with E-state index in [1.807, 2.05) is 19.0 Å². The lowest BCUT2D eigenvalue weighted by Gasteiger charge is -2.46. The monoisotopic (exact) mass is 256 g/mol. The largest absolute Gasteiger partial charge is 0.393 e. The first-order valence-corrected chi connectivity index (χ1v) is 6.83. The van der Waals surface area contributed by atoms with E-state index in [9.17, 15) is 9.90 Å². The van der Waals surface area contributed by atoms with Crippen molar-refractivity contribution in [3.05, 3.63) is 0 Å². The molecule has 0 aromatic heterocycles. The zero-order chi connectivity index (χ0) is 14.0. The standard InChI is InChI=1S/C14H28N2O2/c1-11(17)9-13(2,3)10-15-12(18)14(16(4)5)7-6-8-14/h11,17H,6-10H2,1-5H3,(H,15,18). The second-order valence-corrected chi connectivity index (χ2v) is 6.68. The maximum atomic E-state index is 12.3. The van der Waals surface area contributed by atoms with E-state index in [4.69, 9.17) is 0 Å². The van der Waals surface area contributed by atoms with Crippen molar-refractivity contribution in [3.63, 3.8) is 0 Å². The molecule has 1 aliphatic carbocycles. The third-order valence-corrected chi connectivity index (χ3v) is 4.03. The maximum Gasteiger partial charge on any atom is 0.240 e. The van der Waals surface area contributed by atoms with Crippen LogP contribution in [0.4, 0.5) is 0 Å². The summed E-state index contributed by atoms with van der Waals surface area (Å²) in [5.74, 6) is 0.136. The minimum atomic E-state index is -0.330. The highest BCUT2D eigenvalue weighted by Gasteiger charge is 2.46. The van der Waals surface area contributed by atoms with Gasteiger partial charge in [0.05, 0.1) is 11.6 Å². The van der Waals surface area contributed by atoms with Crippen molar-refractivity contribution in [2.45, 2.75) is 58.1 Å². The predicted octanol–water partition coefficient (Wildman–Crippen LogP) is 1.38. The maximum absolute atomic E-state index is 12.3. The van der Waals surface area contributed by atoms with Crippen molar-refractivity contribution in [1.82, 2.24) is 10.2 Å². The van der Waals surface area contributed by atoms with Crippen molar-refractivity contribution in [2.75, 3.05) is 20.6 Å². The third-order valence-electron chi connectivity index (χ3n) is 4.03. The molecule has 1 fully saturated rings. The van der Waals surface area contributed by atoms with Crippen LogP contribution in [0.1, 0.15) is 46.5 Å². The second kappa shape index (κ2) is 5.57. The van der Waals surface area contributed by atoms with Gasteiger partial charge < -0.3 is 10.4 Å². The van der Waals surface area contributed by atoms with E-state index >= 15 is 0 Å². The summed E-state index contributed by atoms with van der Waals surface area (Å²) in [7, 11) is 3.94. The van der Waals surface area contributed by atoms with Gasteiger partial charge in [-0.05, 0) is 52.1 Å². The average Bonchev–Trinajstić information content (AvgIpc) is 2.10. The summed E-state index contributed by atoms with van der Waals surface area (Å²) >= 11 is 0. The Bertz CT molecular complexity index is 294. The molecule has 1 saturated carbocycles. The molecule has 1 aliphatic rings. The quantitative estimate of drug-likeness (QED) is 0.755. The van der Waals surface area contributed by atoms with Gasteiger partial charge in [0.1, 0.15) is 0 Å². The number of hydrogen-bond donors (Lipinski definition) is 2. The lowest BCUT2D eigenvalue weighted by Crippen LogP contribution is -2.61. The first-order chi connectivity index (χ1) is 8.19. The van der Waals surface area contributed by atoms with E-state index < -0.39 is 0 Å². The molecule has 1 unspecified atom stereocenters. The molecule has 2 N–H and O–H groups in total. The van der Waals surface area contributed by atoms with Gasteiger partial charge in [0, 0.05) is 6.54 Å². The summed E-state index contributed by atoms with van der Waals surface area (Å²) in [6.07, 6.45) is 3.39. The van der Waals surface area contributed by atoms with Gasteiger partial charge in [-0.1, -0.05) is 13.8 Å². The Labute approximate surface area is 111 Å². The molecule has 0 aliphatic heterocycles. The van der Waals surface area contributed by atoms with Crippen LogP contribution in [0.25, 0.3) is 0 Å². The summed E-state index contributed by atoms with van der Waals surface area (Å²) < 4.78 is 0. The lowest BCUT2D eigenvalue weighted by molar-refractivity contribution is -0.138. The fourth-order valence-corrected chi connectivity index (χ4v) is 2.74. The van der Waals surface area contributed by atoms with E-state index in [1.54, 1.807) is 6.92 Å². The molecule has 0 spiro atoms. The smallest absolute Gasteiger partial charge is 0.240 e. The van der Waals surface area contributed by atoms with Gasteiger partial charge in [-0.2, -0.15) is 0 Å². The molecule has 18 heavy (non-hydrogen) atoms. The lowest BCUT2D eigenvalue weighted by atomic mass is 9.74. The zero-order valence-electron chi connectivity index (χ0n) is 12.4. The van der Waals surface area contributed by atoms with Crippen molar-refractivity contribution in [2.24, 2.45) is 5.41 Å². The summed E-state index contributed by atoms with van der Waals surface area (Å²) in [6, 6.07) is 0. The topological polar surface area (TPSA) is 52.6 Å². The Morgan fingerprint density at radius 2 is 2.00 bits per heavy atom. The van der Waals surface area contributed by atoms with Gasteiger partial charge in [-0.25, -0.2) is 0 Å². The van der Waals surface area contributed by atoms with Crippen molar-refractivity contribution in [1.29, 1.82) is 0 Å². The SMILES string of the molecule is CC(O)CC(C)(C)CNC(=O)C1(N(C)C)CCC1. The first-order valence-electron chi connectivity index (χ1n) is 6.83. The molecule has 1 rings (SSSR count). The van der Waals surface area contributed by atoms with Crippen molar-refractivity contribution >= 4 is 5.91 Å². The first kappa shape index (κ1) is 15.4. The van der Waals surface area contributed by atoms with Crippen LogP contribution in [0.15, 0.2) is 0 Å². The summed E-state index contributed by atoms with van der Waals surface area (Å²) in [5, 5.41) is 12.5. The minimum Gasteiger partial charge on any atom is -0.393 e. The summed E-state index contributed by atoms with van der Waals surface area (Å²) in [4.78, 5) is 14.3. The van der Waals surface area contributed by atoms with Gasteiger partial charge in [0.2, 0.25) is 5.91 Å². The number of aliphatic hydroxyl groups is 1. The van der Waals surface area contributed by atoms with Crippen LogP contribution in [-0.2, 0) is 4.79 Å². The number of amides is 1. The number of carbonyl (C=O) groups is 1. The molecule has 0 aromatic rings. The molecule has 4 nitrogen and oxygen atoms in total. The molecule has 0 radical (unpaired) electrons. The second-order valence-electron chi connectivity index (χ2n) is 6.68. The van der Waals surface area contributed by atoms with Crippen LogP contribution in [0, 0.1) is 5.41 Å². The number of aliphatic hydroxyl groups excluding tert-OH is 1. The number of hydrogen-bond acceptors (Lipinski definition) is 3. The molecule has 0 saturated heterocycles. The van der Waals surface area contributed by atoms with Crippen LogP contribution < -0.4 is 5.32 Å². The minimum absolute atomic E-state index is 0.0684. The predicted molar refractivity (Wildman–Crippen MR) is 73.4 cm³/mol. The Morgan fingerprint density at radius 3 is 2.33 bits per heavy atom. The van der Waals surface area contributed by atoms with Crippen molar-refractivity contribution in [3.8, 4) is 0 Å². The highest BCUT2D eigenvalue weighted by atomic mass is 16.3. The molecular formula is C14H28N2O2. The summed E-state index contributed by atoms with van der Waals surface area (Å²) in [6.45, 7) is 6.55. The molecule has 1 atom stereocenters. The molecular weight excluding hydrogens is 228 g/mol. The van der Waals surface area contributed by atoms with Crippen LogP contribution in [-0.4, -0.2) is 48.2 Å². The highest BCUT2D eigenvalue weighted by molar-refractivity contribution is 5.87. The van der Waals surface area contributed by atoms with Crippen LogP contribution in [0.3, 0.4) is 0 Å². The number of likely N-dealkylation sites (N-methyl/N-ethyl adjacent to an activating group) is 1. The number of nitrogens with one attached hydrogen (secondary N) is 1. The van der Waals surface area contributed by atoms with Gasteiger partial charge in [-0.3, -0.25) is 9.69 Å². The van der Waals surface area contributed by atoms with Crippen LogP contribution in [0.2, 0.25) is 0 Å². The number of rotatable bonds is 6. The van der Waals surface area contributed by atoms with E-state index in [0.717, 1.165) is 19.3 Å². The van der Waals surface area contributed by atoms with E-state index in [-0.39, 0.29) is 23.0 Å². The van der Waals surface area contributed by atoms with E-state index in [0.29, 0.717) is 13.0 Å². The highest BCUT2D eigenvalue weighted by Crippen LogP contribution is 2.36. The van der Waals surface area contributed by atoms with Crippen LogP contribution >= 0.6 is 0 Å². The zero-order valence-corrected chi connectivity index (χ0v) is 12.4. The molecule has 106 valence electrons. The molecule has 0 heterocycles. The van der Waals surface area contributed by atoms with Crippen molar-refractivity contribution < 1.29 is 9.90 Å². The molecule has 1 amide bonds. The molecule has 0 aromatic carbocycles. The van der Waals surface area contributed by atoms with Gasteiger partial charge in [0.15, 0.2) is 0 Å². The Morgan fingerprint density at radius 1 is 1.44 bits per heavy atom. The van der Waals surface area contributed by atoms with Gasteiger partial charge in [-0.15, -0.1) is 0 Å². The normalized spacial score (nSPS) is 20.4. The Hall–Kier alpha value is -0.610.